The molecule has 0 amide bonds. The van der Waals surface area contributed by atoms with Gasteiger partial charge in [0.1, 0.15) is 6.10 Å². The molecule has 1 heterocycles. The number of hydrogen-bond acceptors (Lipinski definition) is 5. The van der Waals surface area contributed by atoms with Crippen LogP contribution >= 0.6 is 24.2 Å². The van der Waals surface area contributed by atoms with Crippen LogP contribution in [0.1, 0.15) is 28.6 Å². The summed E-state index contributed by atoms with van der Waals surface area (Å²) in [6, 6.07) is 1.28. The molecule has 1 aromatic heterocycles. The van der Waals surface area contributed by atoms with E-state index in [0.717, 1.165) is 0 Å². The van der Waals surface area contributed by atoms with Gasteiger partial charge in [0.2, 0.25) is 0 Å². The first kappa shape index (κ1) is 14.2. The number of thiol groups is 1. The van der Waals surface area contributed by atoms with Crippen molar-refractivity contribution in [1.82, 2.24) is 4.98 Å². The van der Waals surface area contributed by atoms with Gasteiger partial charge in [0.05, 0.1) is 11.1 Å². The first-order chi connectivity index (χ1) is 7.97. The third kappa shape index (κ3) is 3.57. The molecule has 1 aromatic rings. The van der Waals surface area contributed by atoms with E-state index in [1.807, 2.05) is 0 Å². The van der Waals surface area contributed by atoms with Crippen molar-refractivity contribution in [2.75, 3.05) is 5.75 Å². The Balaban J connectivity index is 2.93. The van der Waals surface area contributed by atoms with Gasteiger partial charge in [-0.05, 0) is 18.2 Å². The molecule has 0 saturated carbocycles. The zero-order valence-electron chi connectivity index (χ0n) is 8.75. The molecule has 0 aliphatic carbocycles. The van der Waals surface area contributed by atoms with E-state index in [9.17, 15) is 15.0 Å². The number of aliphatic hydroxyl groups is 2. The molecule has 0 fully saturated rings. The number of carboxylic acid groups (broad SMARTS) is 1. The Morgan fingerprint density at radius 1 is 1.53 bits per heavy atom. The number of nitrogens with zero attached hydrogens (tertiary/aromatic N) is 1. The van der Waals surface area contributed by atoms with Gasteiger partial charge in [-0.15, -0.1) is 0 Å². The summed E-state index contributed by atoms with van der Waals surface area (Å²) in [5.74, 6) is -0.820. The van der Waals surface area contributed by atoms with Crippen LogP contribution in [0, 0.1) is 0 Å². The predicted molar refractivity (Wildman–Crippen MR) is 65.6 cm³/mol. The predicted octanol–water partition coefficient (Wildman–Crippen LogP) is 1.15. The highest BCUT2D eigenvalue weighted by Crippen LogP contribution is 2.23. The second kappa shape index (κ2) is 6.20. The molecule has 0 spiro atoms. The van der Waals surface area contributed by atoms with E-state index in [-0.39, 0.29) is 16.3 Å². The number of carboxylic acids is 1. The quantitative estimate of drug-likeness (QED) is 0.606. The van der Waals surface area contributed by atoms with Crippen LogP contribution in [0.15, 0.2) is 12.3 Å². The van der Waals surface area contributed by atoms with Crippen molar-refractivity contribution < 1.29 is 20.1 Å². The summed E-state index contributed by atoms with van der Waals surface area (Å²) >= 11 is 9.64. The Kier molecular flexibility index (Phi) is 5.20. The summed E-state index contributed by atoms with van der Waals surface area (Å²) in [5, 5.41) is 27.9. The van der Waals surface area contributed by atoms with Gasteiger partial charge < -0.3 is 15.3 Å². The largest absolute Gasteiger partial charge is 0.476 e. The molecule has 2 unspecified atom stereocenters. The number of rotatable bonds is 5. The first-order valence-electron chi connectivity index (χ1n) is 4.83. The highest BCUT2D eigenvalue weighted by Gasteiger charge is 2.20. The number of halogens is 1. The van der Waals surface area contributed by atoms with Gasteiger partial charge in [-0.1, -0.05) is 11.6 Å². The van der Waals surface area contributed by atoms with Crippen LogP contribution in [-0.4, -0.2) is 38.1 Å². The molecule has 0 aliphatic heterocycles. The van der Waals surface area contributed by atoms with Gasteiger partial charge in [-0.3, -0.25) is 0 Å². The lowest BCUT2D eigenvalue weighted by Gasteiger charge is -2.17. The molecule has 94 valence electrons. The monoisotopic (exact) mass is 277 g/mol. The van der Waals surface area contributed by atoms with Crippen molar-refractivity contribution >= 4 is 30.2 Å². The van der Waals surface area contributed by atoms with Gasteiger partial charge in [0.25, 0.3) is 0 Å². The van der Waals surface area contributed by atoms with E-state index < -0.39 is 18.2 Å². The Morgan fingerprint density at radius 2 is 2.18 bits per heavy atom. The Bertz CT molecular complexity index is 415. The van der Waals surface area contributed by atoms with Crippen LogP contribution in [0.25, 0.3) is 0 Å². The standard InChI is InChI=1S/C10H12ClNO4S/c11-6-3-5(4-12-8(6)10(15)16)9(14)7(13)1-2-17/h3-4,7,9,13-14,17H,1-2H2,(H,15,16). The van der Waals surface area contributed by atoms with Crippen LogP contribution in [0.4, 0.5) is 0 Å². The molecule has 0 radical (unpaired) electrons. The lowest BCUT2D eigenvalue weighted by atomic mass is 10.0. The summed E-state index contributed by atoms with van der Waals surface area (Å²) < 4.78 is 0. The third-order valence-electron chi connectivity index (χ3n) is 2.20. The van der Waals surface area contributed by atoms with Crippen LogP contribution in [-0.2, 0) is 0 Å². The normalized spacial score (nSPS) is 14.4. The SMILES string of the molecule is O=C(O)c1ncc(C(O)C(O)CCS)cc1Cl. The van der Waals surface area contributed by atoms with Gasteiger partial charge in [-0.25, -0.2) is 9.78 Å². The zero-order chi connectivity index (χ0) is 13.0. The zero-order valence-corrected chi connectivity index (χ0v) is 10.4. The van der Waals surface area contributed by atoms with Gasteiger partial charge in [0.15, 0.2) is 5.69 Å². The fourth-order valence-electron chi connectivity index (χ4n) is 1.28. The fourth-order valence-corrected chi connectivity index (χ4v) is 1.80. The van der Waals surface area contributed by atoms with E-state index in [1.165, 1.54) is 12.3 Å². The van der Waals surface area contributed by atoms with E-state index in [1.54, 1.807) is 0 Å². The van der Waals surface area contributed by atoms with Crippen molar-refractivity contribution in [3.8, 4) is 0 Å². The van der Waals surface area contributed by atoms with E-state index in [4.69, 9.17) is 16.7 Å². The minimum atomic E-state index is -1.24. The van der Waals surface area contributed by atoms with Crippen LogP contribution in [0.2, 0.25) is 5.02 Å². The average Bonchev–Trinajstić information content (AvgIpc) is 2.27. The van der Waals surface area contributed by atoms with Crippen molar-refractivity contribution in [3.63, 3.8) is 0 Å². The summed E-state index contributed by atoms with van der Waals surface area (Å²) in [4.78, 5) is 14.3. The minimum Gasteiger partial charge on any atom is -0.476 e. The highest BCUT2D eigenvalue weighted by atomic mass is 35.5. The molecule has 5 nitrogen and oxygen atoms in total. The van der Waals surface area contributed by atoms with Crippen LogP contribution in [0.5, 0.6) is 0 Å². The molecule has 3 N–H and O–H groups in total. The number of aromatic nitrogens is 1. The maximum absolute atomic E-state index is 10.7. The van der Waals surface area contributed by atoms with E-state index in [2.05, 4.69) is 17.6 Å². The summed E-state index contributed by atoms with van der Waals surface area (Å²) in [6.45, 7) is 0. The summed E-state index contributed by atoms with van der Waals surface area (Å²) in [7, 11) is 0. The summed E-state index contributed by atoms with van der Waals surface area (Å²) in [5.41, 5.74) is -0.0133. The molecule has 7 heteroatoms. The maximum Gasteiger partial charge on any atom is 0.356 e. The van der Waals surface area contributed by atoms with Gasteiger partial charge in [-0.2, -0.15) is 12.6 Å². The lowest BCUT2D eigenvalue weighted by Crippen LogP contribution is -2.19. The number of aliphatic hydroxyl groups excluding tert-OH is 2. The van der Waals surface area contributed by atoms with Crippen molar-refractivity contribution in [1.29, 1.82) is 0 Å². The smallest absolute Gasteiger partial charge is 0.356 e. The average molecular weight is 278 g/mol. The number of hydrogen-bond donors (Lipinski definition) is 4. The summed E-state index contributed by atoms with van der Waals surface area (Å²) in [6.07, 6.45) is -0.652. The molecular formula is C10H12ClNO4S. The molecule has 0 aromatic carbocycles. The molecule has 0 aliphatic rings. The number of aromatic carboxylic acids is 1. The van der Waals surface area contributed by atoms with Crippen LogP contribution in [0.3, 0.4) is 0 Å². The highest BCUT2D eigenvalue weighted by molar-refractivity contribution is 7.80. The minimum absolute atomic E-state index is 0.0767. The van der Waals surface area contributed by atoms with Gasteiger partial charge in [0, 0.05) is 11.8 Å². The lowest BCUT2D eigenvalue weighted by molar-refractivity contribution is 0.0170. The Labute approximate surface area is 108 Å². The molecular weight excluding hydrogens is 266 g/mol. The maximum atomic E-state index is 10.7. The van der Waals surface area contributed by atoms with Crippen LogP contribution < -0.4 is 0 Å². The molecule has 1 rings (SSSR count). The molecule has 2 atom stereocenters. The van der Waals surface area contributed by atoms with E-state index in [0.29, 0.717) is 12.2 Å². The molecule has 0 bridgehead atoms. The van der Waals surface area contributed by atoms with Gasteiger partial charge >= 0.3 is 5.97 Å². The van der Waals surface area contributed by atoms with Crippen molar-refractivity contribution in [2.24, 2.45) is 0 Å². The number of carbonyl (C=O) groups is 1. The Hall–Kier alpha value is -0.820. The topological polar surface area (TPSA) is 90.7 Å². The molecule has 17 heavy (non-hydrogen) atoms. The first-order valence-corrected chi connectivity index (χ1v) is 5.84. The fraction of sp³-hybridized carbons (Fsp3) is 0.400. The van der Waals surface area contributed by atoms with E-state index >= 15 is 0 Å². The van der Waals surface area contributed by atoms with Crippen molar-refractivity contribution in [3.05, 3.63) is 28.5 Å². The Morgan fingerprint density at radius 3 is 2.65 bits per heavy atom. The number of pyridine rings is 1. The molecule has 0 saturated heterocycles. The third-order valence-corrected chi connectivity index (χ3v) is 2.74. The second-order valence-electron chi connectivity index (χ2n) is 3.43. The second-order valence-corrected chi connectivity index (χ2v) is 4.28. The van der Waals surface area contributed by atoms with Crippen molar-refractivity contribution in [2.45, 2.75) is 18.6 Å².